The number of hydrogen-bond acceptors (Lipinski definition) is 7. The van der Waals surface area contributed by atoms with Gasteiger partial charge in [0.1, 0.15) is 5.75 Å². The second kappa shape index (κ2) is 12.3. The Morgan fingerprint density at radius 1 is 1.16 bits per heavy atom. The number of methoxy groups -OCH3 is 1. The average molecular weight is 636 g/mol. The van der Waals surface area contributed by atoms with Crippen LogP contribution >= 0.6 is 0 Å². The van der Waals surface area contributed by atoms with Gasteiger partial charge in [-0.25, -0.2) is 0 Å². The molecule has 2 saturated heterocycles. The summed E-state index contributed by atoms with van der Waals surface area (Å²) in [6.45, 7) is 6.78. The number of hydrogen-bond donors (Lipinski definition) is 1. The zero-order chi connectivity index (χ0) is 31.9. The number of benzene rings is 2. The van der Waals surface area contributed by atoms with Crippen LogP contribution in [0.4, 0.5) is 15.5 Å². The van der Waals surface area contributed by atoms with E-state index in [4.69, 9.17) is 9.47 Å². The normalized spacial score (nSPS) is 25.0. The van der Waals surface area contributed by atoms with Crippen molar-refractivity contribution in [3.8, 4) is 5.75 Å². The molecule has 0 saturated carbocycles. The van der Waals surface area contributed by atoms with Crippen LogP contribution in [0.25, 0.3) is 0 Å². The number of ether oxygens (including phenoxy) is 2. The lowest BCUT2D eigenvalue weighted by Gasteiger charge is -2.31. The monoisotopic (exact) mass is 635 g/mol. The molecule has 3 aliphatic heterocycles. The Bertz CT molecular complexity index is 1560. The van der Waals surface area contributed by atoms with E-state index in [0.29, 0.717) is 55.9 Å². The Balaban J connectivity index is 1.31. The smallest absolute Gasteiger partial charge is 0.264 e. The number of carbonyl (C=O) groups is 2. The largest absolute Gasteiger partial charge is 0.497 e. The van der Waals surface area contributed by atoms with Gasteiger partial charge in [0.25, 0.3) is 5.91 Å². The summed E-state index contributed by atoms with van der Waals surface area (Å²) in [6, 6.07) is 13.4. The maximum Gasteiger partial charge on any atom is 0.264 e. The van der Waals surface area contributed by atoms with E-state index >= 15 is 4.11 Å². The second-order valence-electron chi connectivity index (χ2n) is 12.9. The van der Waals surface area contributed by atoms with Crippen molar-refractivity contribution in [1.82, 2.24) is 15.0 Å². The van der Waals surface area contributed by atoms with Crippen LogP contribution in [0.5, 0.6) is 5.75 Å². The van der Waals surface area contributed by atoms with Gasteiger partial charge in [-0.2, -0.15) is 0 Å². The molecule has 2 aromatic carbocycles. The highest BCUT2D eigenvalue weighted by Crippen LogP contribution is 2.60. The van der Waals surface area contributed by atoms with Crippen LogP contribution in [-0.4, -0.2) is 66.7 Å². The topological polar surface area (TPSA) is 110 Å². The van der Waals surface area contributed by atoms with Crippen molar-refractivity contribution in [3.63, 3.8) is 0 Å². The third-order valence-electron chi connectivity index (χ3n) is 9.68. The highest BCUT2D eigenvalue weighted by molar-refractivity contribution is 6.72. The maximum atomic E-state index is 16.2. The van der Waals surface area contributed by atoms with E-state index in [9.17, 15) is 14.7 Å². The zero-order valence-corrected chi connectivity index (χ0v) is 27.4. The average Bonchev–Trinajstić information content (AvgIpc) is 3.66. The van der Waals surface area contributed by atoms with Gasteiger partial charge in [0.05, 0.1) is 31.1 Å². The molecule has 0 radical (unpaired) electrons. The molecule has 2 amide bonds. The summed E-state index contributed by atoms with van der Waals surface area (Å²) in [5.74, 6) is 0.111. The third kappa shape index (κ3) is 5.68. The van der Waals surface area contributed by atoms with Crippen molar-refractivity contribution in [3.05, 3.63) is 65.5 Å². The summed E-state index contributed by atoms with van der Waals surface area (Å²) in [6.07, 6.45) is 4.62. The van der Waals surface area contributed by atoms with Crippen molar-refractivity contribution in [1.29, 1.82) is 0 Å². The van der Waals surface area contributed by atoms with E-state index in [1.807, 2.05) is 54.3 Å². The number of aliphatic hydroxyl groups is 1. The molecule has 0 bridgehead atoms. The third-order valence-corrected chi connectivity index (χ3v) is 12.1. The fourth-order valence-electron chi connectivity index (χ4n) is 7.56. The van der Waals surface area contributed by atoms with Crippen molar-refractivity contribution in [2.75, 3.05) is 30.1 Å². The van der Waals surface area contributed by atoms with Gasteiger partial charge in [-0.3, -0.25) is 14.3 Å². The van der Waals surface area contributed by atoms with Crippen LogP contribution in [0.2, 0.25) is 18.6 Å². The Morgan fingerprint density at radius 2 is 1.93 bits per heavy atom. The summed E-state index contributed by atoms with van der Waals surface area (Å²) in [7, 11) is -1.74. The van der Waals surface area contributed by atoms with E-state index in [1.54, 1.807) is 36.0 Å². The summed E-state index contributed by atoms with van der Waals surface area (Å²) in [5.41, 5.74) is 2.09. The molecule has 1 spiro atoms. The molecule has 2 fully saturated rings. The first kappa shape index (κ1) is 31.4. The first-order chi connectivity index (χ1) is 21.6. The number of halogens is 1. The Morgan fingerprint density at radius 3 is 2.62 bits per heavy atom. The molecule has 3 aliphatic rings. The van der Waals surface area contributed by atoms with Gasteiger partial charge in [-0.05, 0) is 68.3 Å². The van der Waals surface area contributed by atoms with Gasteiger partial charge in [0, 0.05) is 61.4 Å². The van der Waals surface area contributed by atoms with E-state index in [0.717, 1.165) is 29.8 Å². The predicted octanol–water partition coefficient (Wildman–Crippen LogP) is 4.75. The number of aryl methyl sites for hydroxylation is 1. The van der Waals surface area contributed by atoms with E-state index in [-0.39, 0.29) is 18.4 Å². The lowest BCUT2D eigenvalue weighted by atomic mass is 9.82. The lowest BCUT2D eigenvalue weighted by Crippen LogP contribution is -2.45. The number of aliphatic hydroxyl groups excluding tert-OH is 1. The molecule has 45 heavy (non-hydrogen) atoms. The van der Waals surface area contributed by atoms with Gasteiger partial charge in [-0.15, -0.1) is 5.10 Å². The molecule has 6 rings (SSSR count). The van der Waals surface area contributed by atoms with E-state index in [1.165, 1.54) is 0 Å². The Labute approximate surface area is 264 Å². The summed E-state index contributed by atoms with van der Waals surface area (Å²) in [5, 5.41) is 17.5. The quantitative estimate of drug-likeness (QED) is 0.253. The molecule has 3 aromatic rings. The van der Waals surface area contributed by atoms with E-state index < -0.39 is 31.6 Å². The number of anilines is 2. The minimum absolute atomic E-state index is 0.0159. The van der Waals surface area contributed by atoms with Crippen molar-refractivity contribution < 1.29 is 28.3 Å². The van der Waals surface area contributed by atoms with Gasteiger partial charge >= 0.3 is 0 Å². The van der Waals surface area contributed by atoms with E-state index in [2.05, 4.69) is 10.3 Å². The minimum Gasteiger partial charge on any atom is -0.497 e. The fraction of sp³-hybridized carbons (Fsp3) is 0.515. The van der Waals surface area contributed by atoms with Gasteiger partial charge in [0.15, 0.2) is 5.60 Å². The molecule has 1 N–H and O–H groups in total. The van der Waals surface area contributed by atoms with Crippen LogP contribution < -0.4 is 14.5 Å². The number of fused-ring (bicyclic) bond motifs is 2. The first-order valence-corrected chi connectivity index (χ1v) is 18.8. The number of aromatic nitrogens is 3. The predicted molar refractivity (Wildman–Crippen MR) is 170 cm³/mol. The van der Waals surface area contributed by atoms with Crippen molar-refractivity contribution in [2.24, 2.45) is 5.92 Å². The van der Waals surface area contributed by atoms with Gasteiger partial charge in [-0.1, -0.05) is 24.3 Å². The van der Waals surface area contributed by atoms with Crippen LogP contribution in [0.3, 0.4) is 0 Å². The van der Waals surface area contributed by atoms with Crippen LogP contribution in [0.15, 0.2) is 48.7 Å². The number of rotatable bonds is 10. The molecule has 10 nitrogen and oxygen atoms in total. The number of piperidine rings is 1. The molecule has 240 valence electrons. The lowest BCUT2D eigenvalue weighted by molar-refractivity contribution is -0.146. The van der Waals surface area contributed by atoms with Crippen LogP contribution in [-0.2, 0) is 39.4 Å². The minimum atomic E-state index is -3.32. The fourth-order valence-corrected chi connectivity index (χ4v) is 10.1. The number of amides is 2. The number of carbonyl (C=O) groups excluding carboxylic acids is 2. The molecule has 4 atom stereocenters. The number of nitrogens with zero attached hydrogens (tertiary/aromatic N) is 5. The standard InChI is InChI=1S/C33H42FN5O5Si/c1-22-31(45(3,4)34)29(14-17-37-21-24(15-18-40)35-36-37)44-33(22)27-19-26(43-2)12-13-28(27)39(32(33)42)20-23-8-10-25(11-9-23)38-16-6-5-7-30(38)41/h8-13,19,21-22,29,31,40H,5-7,14-18,20H2,1-4H3/t22-,29+,31-,33+/m1/s1. The molecular weight excluding hydrogens is 593 g/mol. The highest BCUT2D eigenvalue weighted by Gasteiger charge is 2.66. The first-order valence-electron chi connectivity index (χ1n) is 15.8. The molecule has 4 heterocycles. The summed E-state index contributed by atoms with van der Waals surface area (Å²) in [4.78, 5) is 30.7. The zero-order valence-electron chi connectivity index (χ0n) is 26.4. The molecule has 1 aromatic heterocycles. The molecule has 12 heteroatoms. The second-order valence-corrected chi connectivity index (χ2v) is 16.7. The molecule has 0 unspecified atom stereocenters. The van der Waals surface area contributed by atoms with Gasteiger partial charge < -0.3 is 28.5 Å². The van der Waals surface area contributed by atoms with Crippen molar-refractivity contribution in [2.45, 2.75) is 82.5 Å². The highest BCUT2D eigenvalue weighted by atomic mass is 28.4. The Kier molecular flexibility index (Phi) is 8.57. The Hall–Kier alpha value is -3.61. The SMILES string of the molecule is COc1ccc2c(c1)[C@]1(O[C@@H](CCn3cc(CCO)nn3)[C@H]([Si](C)(C)F)[C@H]1C)C(=O)N2Cc1ccc(N2CCCCC2=O)cc1. The van der Waals surface area contributed by atoms with Crippen LogP contribution in [0, 0.1) is 5.92 Å². The van der Waals surface area contributed by atoms with Crippen LogP contribution in [0.1, 0.15) is 49.4 Å². The molecular formula is C33H42FN5O5Si. The van der Waals surface area contributed by atoms with Crippen molar-refractivity contribution >= 4 is 31.6 Å². The molecule has 0 aliphatic carbocycles. The maximum absolute atomic E-state index is 16.2. The summed E-state index contributed by atoms with van der Waals surface area (Å²) >= 11 is 0. The summed E-state index contributed by atoms with van der Waals surface area (Å²) < 4.78 is 30.3. The van der Waals surface area contributed by atoms with Gasteiger partial charge in [0.2, 0.25) is 14.3 Å².